The molecule has 2 aromatic carbocycles. The van der Waals surface area contributed by atoms with Crippen LogP contribution in [-0.4, -0.2) is 63.9 Å². The van der Waals surface area contributed by atoms with Gasteiger partial charge in [-0.1, -0.05) is 42.4 Å². The highest BCUT2D eigenvalue weighted by atomic mass is 32.2. The topological polar surface area (TPSA) is 63.4 Å². The van der Waals surface area contributed by atoms with E-state index in [1.807, 2.05) is 30.3 Å². The lowest BCUT2D eigenvalue weighted by atomic mass is 10.1. The van der Waals surface area contributed by atoms with Crippen molar-refractivity contribution in [3.8, 4) is 17.1 Å². The number of phenolic OH excluding ortho intramolecular Hbond substituents is 1. The van der Waals surface area contributed by atoms with Crippen LogP contribution in [0.5, 0.6) is 5.75 Å². The van der Waals surface area contributed by atoms with Crippen LogP contribution in [0.3, 0.4) is 0 Å². The van der Waals surface area contributed by atoms with Gasteiger partial charge in [0.25, 0.3) is 0 Å². The molecule has 0 aliphatic carbocycles. The first-order valence-electron chi connectivity index (χ1n) is 10.3. The number of likely N-dealkylation sites (tertiary alicyclic amines) is 1. The van der Waals surface area contributed by atoms with Crippen LogP contribution in [0.2, 0.25) is 0 Å². The number of nitrogens with zero attached hydrogens (tertiary/aromatic N) is 4. The molecular formula is C22H28N4O2S. The molecule has 1 fully saturated rings. The number of benzene rings is 2. The Balaban J connectivity index is 1.57. The quantitative estimate of drug-likeness (QED) is 0.564. The fourth-order valence-electron chi connectivity index (χ4n) is 3.84. The van der Waals surface area contributed by atoms with E-state index in [-0.39, 0.29) is 5.75 Å². The number of piperidine rings is 1. The average Bonchev–Trinajstić information content (AvgIpc) is 3.15. The number of methoxy groups -OCH3 is 1. The van der Waals surface area contributed by atoms with E-state index >= 15 is 0 Å². The SMILES string of the molecule is COCCn1c(SCCN2CCCCC2)nnc1-c1cc2ccccc2cc1O. The van der Waals surface area contributed by atoms with Crippen molar-refractivity contribution >= 4 is 22.5 Å². The predicted octanol–water partition coefficient (Wildman–Crippen LogP) is 4.03. The molecular weight excluding hydrogens is 384 g/mol. The number of aromatic nitrogens is 3. The van der Waals surface area contributed by atoms with Crippen LogP contribution >= 0.6 is 11.8 Å². The molecule has 3 aromatic rings. The lowest BCUT2D eigenvalue weighted by Gasteiger charge is -2.25. The number of thioether (sulfide) groups is 1. The summed E-state index contributed by atoms with van der Waals surface area (Å²) in [7, 11) is 1.70. The lowest BCUT2D eigenvalue weighted by Crippen LogP contribution is -2.31. The fourth-order valence-corrected chi connectivity index (χ4v) is 4.80. The molecule has 0 atom stereocenters. The maximum Gasteiger partial charge on any atom is 0.191 e. The molecule has 0 amide bonds. The van der Waals surface area contributed by atoms with Crippen molar-refractivity contribution in [3.63, 3.8) is 0 Å². The molecule has 1 N–H and O–H groups in total. The summed E-state index contributed by atoms with van der Waals surface area (Å²) in [5.41, 5.74) is 0.704. The van der Waals surface area contributed by atoms with Gasteiger partial charge in [0.15, 0.2) is 11.0 Å². The molecule has 29 heavy (non-hydrogen) atoms. The Morgan fingerprint density at radius 2 is 1.79 bits per heavy atom. The van der Waals surface area contributed by atoms with Crippen molar-refractivity contribution in [2.75, 3.05) is 39.1 Å². The van der Waals surface area contributed by atoms with Crippen LogP contribution in [0.4, 0.5) is 0 Å². The Labute approximate surface area is 175 Å². The highest BCUT2D eigenvalue weighted by molar-refractivity contribution is 7.99. The summed E-state index contributed by atoms with van der Waals surface area (Å²) in [5, 5.41) is 22.5. The first-order chi connectivity index (χ1) is 14.3. The number of rotatable bonds is 8. The van der Waals surface area contributed by atoms with E-state index in [4.69, 9.17) is 4.74 Å². The van der Waals surface area contributed by atoms with Crippen molar-refractivity contribution < 1.29 is 9.84 Å². The Morgan fingerprint density at radius 1 is 1.03 bits per heavy atom. The summed E-state index contributed by atoms with van der Waals surface area (Å²) in [6.07, 6.45) is 3.97. The Morgan fingerprint density at radius 3 is 2.55 bits per heavy atom. The van der Waals surface area contributed by atoms with Gasteiger partial charge in [-0.05, 0) is 48.8 Å². The normalized spacial score (nSPS) is 15.2. The van der Waals surface area contributed by atoms with Gasteiger partial charge in [0, 0.05) is 19.4 Å². The van der Waals surface area contributed by atoms with E-state index < -0.39 is 0 Å². The van der Waals surface area contributed by atoms with Crippen LogP contribution in [0.1, 0.15) is 19.3 Å². The van der Waals surface area contributed by atoms with Gasteiger partial charge in [-0.3, -0.25) is 4.57 Å². The highest BCUT2D eigenvalue weighted by Gasteiger charge is 2.18. The van der Waals surface area contributed by atoms with E-state index in [1.165, 1.54) is 32.4 Å². The molecule has 4 rings (SSSR count). The molecule has 1 saturated heterocycles. The molecule has 0 saturated carbocycles. The maximum absolute atomic E-state index is 10.6. The summed E-state index contributed by atoms with van der Waals surface area (Å²) in [5.74, 6) is 1.89. The van der Waals surface area contributed by atoms with E-state index in [9.17, 15) is 5.11 Å². The van der Waals surface area contributed by atoms with Gasteiger partial charge in [-0.25, -0.2) is 0 Å². The van der Waals surface area contributed by atoms with Crippen molar-refractivity contribution in [1.82, 2.24) is 19.7 Å². The molecule has 154 valence electrons. The fraction of sp³-hybridized carbons (Fsp3) is 0.455. The zero-order valence-corrected chi connectivity index (χ0v) is 17.7. The first kappa shape index (κ1) is 20.2. The standard InChI is InChI=1S/C22H28N4O2S/c1-28-13-11-26-21(19-15-17-7-3-4-8-18(17)16-20(19)27)23-24-22(26)29-14-12-25-9-5-2-6-10-25/h3-4,7-8,15-16,27H,2,5-6,9-14H2,1H3. The highest BCUT2D eigenvalue weighted by Crippen LogP contribution is 2.34. The number of ether oxygens (including phenoxy) is 1. The number of hydrogen-bond acceptors (Lipinski definition) is 6. The van der Waals surface area contributed by atoms with Gasteiger partial charge in [0.05, 0.1) is 18.7 Å². The number of aromatic hydroxyl groups is 1. The van der Waals surface area contributed by atoms with E-state index in [2.05, 4.69) is 19.7 Å². The third kappa shape index (κ3) is 4.74. The molecule has 0 spiro atoms. The van der Waals surface area contributed by atoms with Crippen molar-refractivity contribution in [1.29, 1.82) is 0 Å². The van der Waals surface area contributed by atoms with Gasteiger partial charge >= 0.3 is 0 Å². The first-order valence-corrected chi connectivity index (χ1v) is 11.2. The van der Waals surface area contributed by atoms with Gasteiger partial charge in [0.2, 0.25) is 0 Å². The summed E-state index contributed by atoms with van der Waals surface area (Å²) in [4.78, 5) is 2.53. The Bertz CT molecular complexity index is 953. The summed E-state index contributed by atoms with van der Waals surface area (Å²) >= 11 is 1.73. The minimum absolute atomic E-state index is 0.222. The van der Waals surface area contributed by atoms with Crippen molar-refractivity contribution in [2.24, 2.45) is 0 Å². The maximum atomic E-state index is 10.6. The third-order valence-electron chi connectivity index (χ3n) is 5.43. The second kappa shape index (κ2) is 9.61. The number of hydrogen-bond donors (Lipinski definition) is 1. The smallest absolute Gasteiger partial charge is 0.191 e. The minimum atomic E-state index is 0.222. The minimum Gasteiger partial charge on any atom is -0.507 e. The Hall–Kier alpha value is -2.09. The van der Waals surface area contributed by atoms with Crippen LogP contribution in [0, 0.1) is 0 Å². The molecule has 2 heterocycles. The largest absolute Gasteiger partial charge is 0.507 e. The molecule has 7 heteroatoms. The molecule has 6 nitrogen and oxygen atoms in total. The van der Waals surface area contributed by atoms with Crippen molar-refractivity contribution in [3.05, 3.63) is 36.4 Å². The summed E-state index contributed by atoms with van der Waals surface area (Å²) < 4.78 is 7.37. The molecule has 0 unspecified atom stereocenters. The van der Waals surface area contributed by atoms with Crippen LogP contribution in [0.25, 0.3) is 22.2 Å². The van der Waals surface area contributed by atoms with Gasteiger partial charge in [-0.2, -0.15) is 0 Å². The van der Waals surface area contributed by atoms with Gasteiger partial charge in [0.1, 0.15) is 5.75 Å². The predicted molar refractivity (Wildman–Crippen MR) is 118 cm³/mol. The van der Waals surface area contributed by atoms with Gasteiger partial charge in [-0.15, -0.1) is 10.2 Å². The van der Waals surface area contributed by atoms with Crippen LogP contribution < -0.4 is 0 Å². The Kier molecular flexibility index (Phi) is 6.69. The molecule has 1 aliphatic rings. The number of fused-ring (bicyclic) bond motifs is 1. The van der Waals surface area contributed by atoms with Crippen molar-refractivity contribution in [2.45, 2.75) is 31.0 Å². The van der Waals surface area contributed by atoms with Crippen LogP contribution in [0.15, 0.2) is 41.6 Å². The molecule has 0 radical (unpaired) electrons. The lowest BCUT2D eigenvalue weighted by molar-refractivity contribution is 0.185. The second-order valence-corrected chi connectivity index (χ2v) is 8.48. The van der Waals surface area contributed by atoms with E-state index in [0.717, 1.165) is 28.2 Å². The van der Waals surface area contributed by atoms with Crippen LogP contribution in [-0.2, 0) is 11.3 Å². The summed E-state index contributed by atoms with van der Waals surface area (Å²) in [6, 6.07) is 11.8. The average molecular weight is 413 g/mol. The van der Waals surface area contributed by atoms with E-state index in [0.29, 0.717) is 24.5 Å². The molecule has 0 bridgehead atoms. The zero-order chi connectivity index (χ0) is 20.1. The van der Waals surface area contributed by atoms with Gasteiger partial charge < -0.3 is 14.7 Å². The third-order valence-corrected chi connectivity index (χ3v) is 6.38. The number of phenols is 1. The van der Waals surface area contributed by atoms with E-state index in [1.54, 1.807) is 24.9 Å². The summed E-state index contributed by atoms with van der Waals surface area (Å²) in [6.45, 7) is 4.69. The monoisotopic (exact) mass is 412 g/mol. The second-order valence-electron chi connectivity index (χ2n) is 7.42. The zero-order valence-electron chi connectivity index (χ0n) is 16.9. The molecule has 1 aliphatic heterocycles. The molecule has 1 aromatic heterocycles.